The molecule has 8 nitrogen and oxygen atoms in total. The van der Waals surface area contributed by atoms with Gasteiger partial charge in [-0.1, -0.05) is 56.9 Å². The summed E-state index contributed by atoms with van der Waals surface area (Å²) in [5, 5.41) is 0. The molecule has 0 bridgehead atoms. The fourth-order valence-electron chi connectivity index (χ4n) is 5.16. The van der Waals surface area contributed by atoms with Crippen LogP contribution in [0.25, 0.3) is 0 Å². The third-order valence-corrected chi connectivity index (χ3v) is 7.32. The number of hydrogen-bond acceptors (Lipinski definition) is 6. The van der Waals surface area contributed by atoms with E-state index in [9.17, 15) is 19.2 Å². The second kappa shape index (κ2) is 10.6. The first-order chi connectivity index (χ1) is 17.7. The Balaban J connectivity index is 1.64. The number of ether oxygens (including phenoxy) is 2. The van der Waals surface area contributed by atoms with E-state index in [2.05, 4.69) is 27.0 Å². The number of carbonyl (C=O) groups excluding carboxylic acids is 4. The standard InChI is InChI=1S/C29H32N2O6/c1-5-15-36-23-9-7-19(17-21(23)30-25(32)11-12-26(30)33)29(3,4)20-8-10-24(37-16-6-2)22(18-20)31-27(34)13-14-28(31)35/h5-12,20-21H,1-2,13-18H2,3-4H3. The lowest BCUT2D eigenvalue weighted by Gasteiger charge is -2.41. The number of nitrogens with zero attached hydrogens (tertiary/aromatic N) is 2. The molecule has 37 heavy (non-hydrogen) atoms. The van der Waals surface area contributed by atoms with Crippen molar-refractivity contribution in [2.75, 3.05) is 13.2 Å². The molecule has 0 saturated carbocycles. The van der Waals surface area contributed by atoms with Gasteiger partial charge < -0.3 is 9.47 Å². The quantitative estimate of drug-likeness (QED) is 0.331. The van der Waals surface area contributed by atoms with Crippen LogP contribution in [-0.4, -0.2) is 52.7 Å². The Labute approximate surface area is 216 Å². The number of likely N-dealkylation sites (tertiary alicyclic amines) is 1. The Morgan fingerprint density at radius 2 is 1.54 bits per heavy atom. The first-order valence-corrected chi connectivity index (χ1v) is 12.4. The first-order valence-electron chi connectivity index (χ1n) is 12.4. The van der Waals surface area contributed by atoms with E-state index in [1.165, 1.54) is 22.0 Å². The molecule has 8 heteroatoms. The molecule has 0 aromatic rings. The normalized spacial score (nSPS) is 24.1. The summed E-state index contributed by atoms with van der Waals surface area (Å²) in [5.74, 6) is -0.273. The van der Waals surface area contributed by atoms with E-state index < -0.39 is 11.5 Å². The molecule has 194 valence electrons. The number of rotatable bonds is 10. The summed E-state index contributed by atoms with van der Waals surface area (Å²) in [6.45, 7) is 12.0. The molecular formula is C29H32N2O6. The summed E-state index contributed by atoms with van der Waals surface area (Å²) in [6.07, 6.45) is 14.6. The van der Waals surface area contributed by atoms with Crippen LogP contribution in [0.4, 0.5) is 0 Å². The minimum atomic E-state index is -0.579. The molecule has 4 rings (SSSR count). The van der Waals surface area contributed by atoms with E-state index in [-0.39, 0.29) is 55.6 Å². The molecule has 2 atom stereocenters. The third kappa shape index (κ3) is 5.01. The van der Waals surface area contributed by atoms with Crippen LogP contribution < -0.4 is 0 Å². The lowest BCUT2D eigenvalue weighted by Crippen LogP contribution is -2.44. The molecular weight excluding hydrogens is 472 g/mol. The van der Waals surface area contributed by atoms with Gasteiger partial charge in [-0.25, -0.2) is 0 Å². The maximum atomic E-state index is 12.6. The van der Waals surface area contributed by atoms with Crippen molar-refractivity contribution in [1.29, 1.82) is 0 Å². The van der Waals surface area contributed by atoms with Crippen LogP contribution in [0.15, 0.2) is 84.6 Å². The highest BCUT2D eigenvalue weighted by atomic mass is 16.5. The van der Waals surface area contributed by atoms with Crippen molar-refractivity contribution in [3.05, 3.63) is 84.6 Å². The van der Waals surface area contributed by atoms with Gasteiger partial charge in [0.25, 0.3) is 11.8 Å². The van der Waals surface area contributed by atoms with Crippen LogP contribution in [0.3, 0.4) is 0 Å². The van der Waals surface area contributed by atoms with Crippen molar-refractivity contribution in [2.24, 2.45) is 11.3 Å². The molecule has 4 aliphatic rings. The lowest BCUT2D eigenvalue weighted by molar-refractivity contribution is -0.140. The molecule has 1 fully saturated rings. The Kier molecular flexibility index (Phi) is 7.47. The van der Waals surface area contributed by atoms with Crippen molar-refractivity contribution in [3.63, 3.8) is 0 Å². The summed E-state index contributed by atoms with van der Waals surface area (Å²) < 4.78 is 11.6. The number of allylic oxidation sites excluding steroid dienone is 5. The zero-order valence-corrected chi connectivity index (χ0v) is 21.3. The van der Waals surface area contributed by atoms with Crippen molar-refractivity contribution >= 4 is 23.6 Å². The van der Waals surface area contributed by atoms with Gasteiger partial charge >= 0.3 is 0 Å². The predicted octanol–water partition coefficient (Wildman–Crippen LogP) is 3.86. The number of imide groups is 2. The number of hydrogen-bond donors (Lipinski definition) is 0. The van der Waals surface area contributed by atoms with Crippen molar-refractivity contribution < 1.29 is 28.7 Å². The van der Waals surface area contributed by atoms with Crippen LogP contribution in [-0.2, 0) is 28.7 Å². The van der Waals surface area contributed by atoms with E-state index in [1.54, 1.807) is 12.2 Å². The molecule has 2 unspecified atom stereocenters. The maximum Gasteiger partial charge on any atom is 0.254 e. The molecule has 0 N–H and O–H groups in total. The summed E-state index contributed by atoms with van der Waals surface area (Å²) in [4.78, 5) is 52.7. The molecule has 2 aliphatic heterocycles. The van der Waals surface area contributed by atoms with E-state index >= 15 is 0 Å². The fraction of sp³-hybridized carbons (Fsp3) is 0.379. The second-order valence-electron chi connectivity index (χ2n) is 9.89. The largest absolute Gasteiger partial charge is 0.492 e. The molecule has 0 aromatic heterocycles. The van der Waals surface area contributed by atoms with Gasteiger partial charge in [0.2, 0.25) is 11.8 Å². The lowest BCUT2D eigenvalue weighted by atomic mass is 9.67. The maximum absolute atomic E-state index is 12.6. The molecule has 2 aliphatic carbocycles. The highest BCUT2D eigenvalue weighted by Crippen LogP contribution is 2.47. The van der Waals surface area contributed by atoms with Crippen LogP contribution in [0, 0.1) is 11.3 Å². The first kappa shape index (κ1) is 26.1. The fourth-order valence-corrected chi connectivity index (χ4v) is 5.16. The van der Waals surface area contributed by atoms with Gasteiger partial charge in [0, 0.05) is 25.0 Å². The van der Waals surface area contributed by atoms with E-state index in [0.717, 1.165) is 5.57 Å². The summed E-state index contributed by atoms with van der Waals surface area (Å²) in [6, 6.07) is -0.579. The third-order valence-electron chi connectivity index (χ3n) is 7.32. The molecule has 0 aromatic carbocycles. The van der Waals surface area contributed by atoms with Gasteiger partial charge in [-0.3, -0.25) is 29.0 Å². The average Bonchev–Trinajstić information content (AvgIpc) is 3.40. The number of amides is 4. The van der Waals surface area contributed by atoms with Crippen LogP contribution in [0.5, 0.6) is 0 Å². The predicted molar refractivity (Wildman–Crippen MR) is 137 cm³/mol. The minimum Gasteiger partial charge on any atom is -0.492 e. The zero-order valence-electron chi connectivity index (χ0n) is 21.3. The molecule has 2 heterocycles. The zero-order chi connectivity index (χ0) is 26.7. The molecule has 4 amide bonds. The van der Waals surface area contributed by atoms with Crippen molar-refractivity contribution in [2.45, 2.75) is 45.6 Å². The molecule has 1 saturated heterocycles. The van der Waals surface area contributed by atoms with Crippen LogP contribution in [0.1, 0.15) is 39.5 Å². The Bertz CT molecular complexity index is 1160. The number of carbonyl (C=O) groups is 4. The highest BCUT2D eigenvalue weighted by molar-refractivity contribution is 6.13. The van der Waals surface area contributed by atoms with Gasteiger partial charge in [0.1, 0.15) is 30.8 Å². The highest BCUT2D eigenvalue weighted by Gasteiger charge is 2.43. The smallest absolute Gasteiger partial charge is 0.254 e. The molecule has 0 radical (unpaired) electrons. The van der Waals surface area contributed by atoms with E-state index in [1.807, 2.05) is 24.3 Å². The van der Waals surface area contributed by atoms with Crippen molar-refractivity contribution in [3.8, 4) is 0 Å². The molecule has 0 spiro atoms. The Morgan fingerprint density at radius 1 is 0.919 bits per heavy atom. The summed E-state index contributed by atoms with van der Waals surface area (Å²) in [7, 11) is 0. The van der Waals surface area contributed by atoms with Crippen LogP contribution in [0.2, 0.25) is 0 Å². The van der Waals surface area contributed by atoms with Crippen LogP contribution >= 0.6 is 0 Å². The Morgan fingerprint density at radius 3 is 2.16 bits per heavy atom. The van der Waals surface area contributed by atoms with Gasteiger partial charge in [-0.05, 0) is 36.3 Å². The monoisotopic (exact) mass is 504 g/mol. The summed E-state index contributed by atoms with van der Waals surface area (Å²) in [5.41, 5.74) is 1.12. The van der Waals surface area contributed by atoms with Gasteiger partial charge in [-0.15, -0.1) is 0 Å². The Hall–Kier alpha value is -3.94. The SMILES string of the molecule is C=CCOC1=CC=C(C(C)(C)C2C=CC(OCC=C)=C(N3C(=O)CCC3=O)C2)CC1N1C(=O)C=CC1=O. The van der Waals surface area contributed by atoms with Gasteiger partial charge in [0.05, 0.1) is 5.70 Å². The minimum absolute atomic E-state index is 0.0844. The second-order valence-corrected chi connectivity index (χ2v) is 9.89. The summed E-state index contributed by atoms with van der Waals surface area (Å²) >= 11 is 0. The van der Waals surface area contributed by atoms with Crippen molar-refractivity contribution in [1.82, 2.24) is 9.80 Å². The van der Waals surface area contributed by atoms with Gasteiger partial charge in [-0.2, -0.15) is 0 Å². The van der Waals surface area contributed by atoms with E-state index in [4.69, 9.17) is 9.47 Å². The van der Waals surface area contributed by atoms with Gasteiger partial charge in [0.15, 0.2) is 0 Å². The average molecular weight is 505 g/mol. The van der Waals surface area contributed by atoms with E-state index in [0.29, 0.717) is 30.1 Å². The topological polar surface area (TPSA) is 93.2 Å².